The molecule has 3 nitrogen and oxygen atoms in total. The van der Waals surface area contributed by atoms with Crippen molar-refractivity contribution < 1.29 is 9.84 Å². The summed E-state index contributed by atoms with van der Waals surface area (Å²) in [6.45, 7) is 4.05. The van der Waals surface area contributed by atoms with Gasteiger partial charge >= 0.3 is 0 Å². The van der Waals surface area contributed by atoms with E-state index in [-0.39, 0.29) is 0 Å². The van der Waals surface area contributed by atoms with Crippen LogP contribution in [0.3, 0.4) is 0 Å². The van der Waals surface area contributed by atoms with Gasteiger partial charge in [0.05, 0.1) is 7.11 Å². The molecule has 0 aliphatic rings. The Bertz CT molecular complexity index is 578. The van der Waals surface area contributed by atoms with Crippen molar-refractivity contribution in [3.8, 4) is 11.5 Å². The average molecular weight is 285 g/mol. The Hall–Kier alpha value is -2.16. The highest BCUT2D eigenvalue weighted by molar-refractivity contribution is 5.51. The zero-order valence-corrected chi connectivity index (χ0v) is 12.9. The molecule has 2 aromatic carbocycles. The molecule has 0 aliphatic heterocycles. The standard InChI is InChI=1S/C18H23NO2/c1-13-4-9-16(12-18(13)20)19-14(2)5-6-15-7-10-17(21-3)11-8-15/h4,7-12,14,19-20H,5-6H2,1-3H3. The first-order valence-electron chi connectivity index (χ1n) is 7.27. The van der Waals surface area contributed by atoms with E-state index in [1.165, 1.54) is 5.56 Å². The molecule has 3 heteroatoms. The Morgan fingerprint density at radius 2 is 1.86 bits per heavy atom. The van der Waals surface area contributed by atoms with Gasteiger partial charge in [0, 0.05) is 17.8 Å². The fourth-order valence-corrected chi connectivity index (χ4v) is 2.23. The van der Waals surface area contributed by atoms with E-state index in [4.69, 9.17) is 4.74 Å². The van der Waals surface area contributed by atoms with Gasteiger partial charge in [-0.05, 0) is 56.0 Å². The maximum Gasteiger partial charge on any atom is 0.120 e. The number of hydrogen-bond acceptors (Lipinski definition) is 3. The fourth-order valence-electron chi connectivity index (χ4n) is 2.23. The highest BCUT2D eigenvalue weighted by Gasteiger charge is 2.05. The lowest BCUT2D eigenvalue weighted by Gasteiger charge is -2.16. The number of benzene rings is 2. The Balaban J connectivity index is 1.86. The smallest absolute Gasteiger partial charge is 0.120 e. The molecule has 0 aromatic heterocycles. The van der Waals surface area contributed by atoms with Gasteiger partial charge < -0.3 is 15.2 Å². The first kappa shape index (κ1) is 15.2. The molecule has 0 heterocycles. The van der Waals surface area contributed by atoms with Crippen molar-refractivity contribution in [2.75, 3.05) is 12.4 Å². The lowest BCUT2D eigenvalue weighted by atomic mass is 10.1. The molecule has 0 fully saturated rings. The summed E-state index contributed by atoms with van der Waals surface area (Å²) >= 11 is 0. The minimum atomic E-state index is 0.336. The van der Waals surface area contributed by atoms with E-state index in [1.54, 1.807) is 13.2 Å². The van der Waals surface area contributed by atoms with Gasteiger partial charge in [0.1, 0.15) is 11.5 Å². The SMILES string of the molecule is COc1ccc(CCC(C)Nc2ccc(C)c(O)c2)cc1. The van der Waals surface area contributed by atoms with Crippen molar-refractivity contribution in [3.63, 3.8) is 0 Å². The summed E-state index contributed by atoms with van der Waals surface area (Å²) in [7, 11) is 1.68. The fraction of sp³-hybridized carbons (Fsp3) is 0.333. The maximum atomic E-state index is 9.72. The van der Waals surface area contributed by atoms with Gasteiger partial charge in [-0.1, -0.05) is 18.2 Å². The second-order valence-corrected chi connectivity index (χ2v) is 5.43. The van der Waals surface area contributed by atoms with E-state index < -0.39 is 0 Å². The lowest BCUT2D eigenvalue weighted by Crippen LogP contribution is -2.15. The third kappa shape index (κ3) is 4.42. The van der Waals surface area contributed by atoms with Gasteiger partial charge in [-0.3, -0.25) is 0 Å². The molecule has 2 N–H and O–H groups in total. The quantitative estimate of drug-likeness (QED) is 0.838. The summed E-state index contributed by atoms with van der Waals surface area (Å²) in [4.78, 5) is 0. The minimum Gasteiger partial charge on any atom is -0.508 e. The van der Waals surface area contributed by atoms with E-state index >= 15 is 0 Å². The Morgan fingerprint density at radius 3 is 2.48 bits per heavy atom. The van der Waals surface area contributed by atoms with Gasteiger partial charge in [0.15, 0.2) is 0 Å². The third-order valence-electron chi connectivity index (χ3n) is 3.65. The van der Waals surface area contributed by atoms with Crippen molar-refractivity contribution in [3.05, 3.63) is 53.6 Å². The molecule has 1 unspecified atom stereocenters. The predicted octanol–water partition coefficient (Wildman–Crippen LogP) is 4.14. The molecule has 0 spiro atoms. The van der Waals surface area contributed by atoms with Crippen LogP contribution in [0.2, 0.25) is 0 Å². The molecule has 2 rings (SSSR count). The first-order valence-corrected chi connectivity index (χ1v) is 7.27. The molecule has 0 aliphatic carbocycles. The van der Waals surface area contributed by atoms with Crippen LogP contribution in [0.1, 0.15) is 24.5 Å². The largest absolute Gasteiger partial charge is 0.508 e. The number of hydrogen-bond donors (Lipinski definition) is 2. The highest BCUT2D eigenvalue weighted by Crippen LogP contribution is 2.22. The molecule has 2 aromatic rings. The van der Waals surface area contributed by atoms with Crippen molar-refractivity contribution in [2.24, 2.45) is 0 Å². The third-order valence-corrected chi connectivity index (χ3v) is 3.65. The zero-order valence-electron chi connectivity index (χ0n) is 12.9. The van der Waals surface area contributed by atoms with Crippen LogP contribution in [0.5, 0.6) is 11.5 Å². The summed E-state index contributed by atoms with van der Waals surface area (Å²) in [5, 5.41) is 13.1. The Kier molecular flexibility index (Phi) is 5.09. The number of rotatable bonds is 6. The van der Waals surface area contributed by atoms with Gasteiger partial charge in [0.25, 0.3) is 0 Å². The number of aryl methyl sites for hydroxylation is 2. The van der Waals surface area contributed by atoms with Gasteiger partial charge in [-0.25, -0.2) is 0 Å². The van der Waals surface area contributed by atoms with E-state index in [2.05, 4.69) is 24.4 Å². The summed E-state index contributed by atoms with van der Waals surface area (Å²) in [5.41, 5.74) is 3.16. The molecule has 1 atom stereocenters. The van der Waals surface area contributed by atoms with E-state index in [1.807, 2.05) is 31.2 Å². The molecule has 0 saturated carbocycles. The number of nitrogens with one attached hydrogen (secondary N) is 1. The number of phenols is 1. The monoisotopic (exact) mass is 285 g/mol. The van der Waals surface area contributed by atoms with E-state index in [0.29, 0.717) is 11.8 Å². The van der Waals surface area contributed by atoms with Crippen LogP contribution in [0, 0.1) is 6.92 Å². The van der Waals surface area contributed by atoms with E-state index in [0.717, 1.165) is 29.8 Å². The molecular weight excluding hydrogens is 262 g/mol. The molecule has 21 heavy (non-hydrogen) atoms. The van der Waals surface area contributed by atoms with E-state index in [9.17, 15) is 5.11 Å². The number of ether oxygens (including phenoxy) is 1. The highest BCUT2D eigenvalue weighted by atomic mass is 16.5. The van der Waals surface area contributed by atoms with Crippen LogP contribution in [0.25, 0.3) is 0 Å². The topological polar surface area (TPSA) is 41.5 Å². The van der Waals surface area contributed by atoms with Crippen LogP contribution in [-0.4, -0.2) is 18.3 Å². The predicted molar refractivity (Wildman–Crippen MR) is 87.2 cm³/mol. The molecule has 0 amide bonds. The summed E-state index contributed by atoms with van der Waals surface area (Å²) in [6.07, 6.45) is 2.04. The summed E-state index contributed by atoms with van der Waals surface area (Å²) in [6, 6.07) is 14.2. The van der Waals surface area contributed by atoms with Crippen LogP contribution < -0.4 is 10.1 Å². The molecular formula is C18H23NO2. The van der Waals surface area contributed by atoms with Crippen LogP contribution in [0.15, 0.2) is 42.5 Å². The van der Waals surface area contributed by atoms with Crippen molar-refractivity contribution in [1.82, 2.24) is 0 Å². The first-order chi connectivity index (χ1) is 10.1. The van der Waals surface area contributed by atoms with Crippen LogP contribution >= 0.6 is 0 Å². The van der Waals surface area contributed by atoms with Crippen molar-refractivity contribution in [1.29, 1.82) is 0 Å². The zero-order chi connectivity index (χ0) is 15.2. The van der Waals surface area contributed by atoms with Crippen molar-refractivity contribution >= 4 is 5.69 Å². The number of anilines is 1. The van der Waals surface area contributed by atoms with Gasteiger partial charge in [-0.15, -0.1) is 0 Å². The van der Waals surface area contributed by atoms with Crippen molar-refractivity contribution in [2.45, 2.75) is 32.7 Å². The second kappa shape index (κ2) is 7.02. The summed E-state index contributed by atoms with van der Waals surface area (Å²) < 4.78 is 5.16. The second-order valence-electron chi connectivity index (χ2n) is 5.43. The van der Waals surface area contributed by atoms with Gasteiger partial charge in [-0.2, -0.15) is 0 Å². The number of methoxy groups -OCH3 is 1. The van der Waals surface area contributed by atoms with Crippen LogP contribution in [0.4, 0.5) is 5.69 Å². The molecule has 0 bridgehead atoms. The number of phenolic OH excluding ortho intramolecular Hbond substituents is 1. The Labute approximate surface area is 126 Å². The number of aromatic hydroxyl groups is 1. The molecule has 112 valence electrons. The Morgan fingerprint density at radius 1 is 1.14 bits per heavy atom. The molecule has 0 radical (unpaired) electrons. The maximum absolute atomic E-state index is 9.72. The normalized spacial score (nSPS) is 12.0. The minimum absolute atomic E-state index is 0.336. The van der Waals surface area contributed by atoms with Crippen LogP contribution in [-0.2, 0) is 6.42 Å². The van der Waals surface area contributed by atoms with Gasteiger partial charge in [0.2, 0.25) is 0 Å². The summed E-state index contributed by atoms with van der Waals surface area (Å²) in [5.74, 6) is 1.22. The lowest BCUT2D eigenvalue weighted by molar-refractivity contribution is 0.414. The average Bonchev–Trinajstić information content (AvgIpc) is 2.49. The molecule has 0 saturated heterocycles.